The first-order valence-electron chi connectivity index (χ1n) is 10.2. The molecule has 1 fully saturated rings. The highest BCUT2D eigenvalue weighted by molar-refractivity contribution is 8.26. The van der Waals surface area contributed by atoms with Crippen LogP contribution in [0.4, 0.5) is 4.79 Å². The Kier molecular flexibility index (Phi) is 7.68. The van der Waals surface area contributed by atoms with Gasteiger partial charge in [0.2, 0.25) is 5.12 Å². The maximum atomic E-state index is 11.7. The largest absolute Gasteiger partial charge is 0.493 e. The van der Waals surface area contributed by atoms with E-state index in [9.17, 15) is 14.4 Å². The summed E-state index contributed by atoms with van der Waals surface area (Å²) in [6, 6.07) is 10.9. The van der Waals surface area contributed by atoms with Crippen LogP contribution in [0.3, 0.4) is 0 Å². The Bertz CT molecular complexity index is 928. The fourth-order valence-electron chi connectivity index (χ4n) is 2.96. The molecule has 0 radical (unpaired) electrons. The molecule has 0 spiro atoms. The number of esters is 1. The lowest BCUT2D eigenvalue weighted by Gasteiger charge is -2.15. The summed E-state index contributed by atoms with van der Waals surface area (Å²) >= 11 is 0.724. The van der Waals surface area contributed by atoms with E-state index in [-0.39, 0.29) is 28.3 Å². The van der Waals surface area contributed by atoms with Gasteiger partial charge in [-0.15, -0.1) is 0 Å². The highest BCUT2D eigenvalue weighted by Gasteiger charge is 2.31. The zero-order chi connectivity index (χ0) is 22.4. The number of pyridine rings is 1. The number of carbonyl (C=O) groups is 3. The Hall–Kier alpha value is -2.87. The first kappa shape index (κ1) is 22.8. The third-order valence-electron chi connectivity index (χ3n) is 4.84. The van der Waals surface area contributed by atoms with E-state index in [0.29, 0.717) is 19.4 Å². The van der Waals surface area contributed by atoms with Crippen molar-refractivity contribution in [1.82, 2.24) is 10.3 Å². The number of carbonyl (C=O) groups excluding carboxylic acids is 3. The van der Waals surface area contributed by atoms with Gasteiger partial charge in [-0.25, -0.2) is 0 Å². The number of hydrogen-bond donors (Lipinski definition) is 1. The number of nitrogens with one attached hydrogen (secondary N) is 1. The van der Waals surface area contributed by atoms with E-state index in [4.69, 9.17) is 9.47 Å². The Morgan fingerprint density at radius 2 is 1.87 bits per heavy atom. The van der Waals surface area contributed by atoms with Crippen LogP contribution in [-0.4, -0.2) is 34.0 Å². The van der Waals surface area contributed by atoms with Gasteiger partial charge in [0.25, 0.3) is 5.24 Å². The van der Waals surface area contributed by atoms with Crippen molar-refractivity contribution < 1.29 is 23.9 Å². The van der Waals surface area contributed by atoms with Gasteiger partial charge in [-0.05, 0) is 30.7 Å². The Labute approximate surface area is 185 Å². The van der Waals surface area contributed by atoms with Gasteiger partial charge in [-0.2, -0.15) is 0 Å². The van der Waals surface area contributed by atoms with Crippen LogP contribution in [0.15, 0.2) is 42.6 Å². The van der Waals surface area contributed by atoms with Crippen LogP contribution in [0.2, 0.25) is 0 Å². The number of amides is 1. The van der Waals surface area contributed by atoms with E-state index >= 15 is 0 Å². The molecule has 0 bridgehead atoms. The Balaban J connectivity index is 1.44. The molecule has 31 heavy (non-hydrogen) atoms. The van der Waals surface area contributed by atoms with E-state index in [1.54, 1.807) is 20.0 Å². The molecule has 0 saturated carbocycles. The van der Waals surface area contributed by atoms with Crippen molar-refractivity contribution in [2.24, 2.45) is 5.92 Å². The van der Waals surface area contributed by atoms with Crippen molar-refractivity contribution in [2.75, 3.05) is 6.61 Å². The topological polar surface area (TPSA) is 94.6 Å². The fourth-order valence-corrected chi connectivity index (χ4v) is 3.63. The van der Waals surface area contributed by atoms with Crippen molar-refractivity contribution >= 4 is 28.1 Å². The molecule has 8 heteroatoms. The molecule has 1 N–H and O–H groups in total. The molecule has 1 amide bonds. The van der Waals surface area contributed by atoms with E-state index in [1.165, 1.54) is 0 Å². The molecule has 0 aliphatic carbocycles. The molecule has 2 atom stereocenters. The fraction of sp³-hybridized carbons (Fsp3) is 0.391. The lowest BCUT2D eigenvalue weighted by atomic mass is 10.1. The van der Waals surface area contributed by atoms with Gasteiger partial charge in [0.1, 0.15) is 17.9 Å². The minimum absolute atomic E-state index is 0.142. The maximum absolute atomic E-state index is 11.7. The zero-order valence-corrected chi connectivity index (χ0v) is 18.6. The number of aromatic nitrogens is 1. The molecule has 1 aromatic heterocycles. The van der Waals surface area contributed by atoms with Gasteiger partial charge in [0, 0.05) is 42.1 Å². The number of hydrogen-bond acceptors (Lipinski definition) is 7. The summed E-state index contributed by atoms with van der Waals surface area (Å²) in [6.07, 6.45) is 2.50. The highest BCUT2D eigenvalue weighted by atomic mass is 32.2. The van der Waals surface area contributed by atoms with Gasteiger partial charge in [0.15, 0.2) is 0 Å². The quantitative estimate of drug-likeness (QED) is 0.589. The third-order valence-corrected chi connectivity index (χ3v) is 5.63. The molecule has 1 aromatic carbocycles. The first-order valence-corrected chi connectivity index (χ1v) is 11.0. The average molecular weight is 443 g/mol. The van der Waals surface area contributed by atoms with Gasteiger partial charge in [-0.1, -0.05) is 32.0 Å². The van der Waals surface area contributed by atoms with Gasteiger partial charge in [-0.3, -0.25) is 19.4 Å². The molecule has 1 aliphatic rings. The summed E-state index contributed by atoms with van der Waals surface area (Å²) in [5, 5.41) is 2.22. The molecule has 7 nitrogen and oxygen atoms in total. The van der Waals surface area contributed by atoms with Crippen LogP contribution in [0.5, 0.6) is 5.75 Å². The van der Waals surface area contributed by atoms with Crippen LogP contribution in [0, 0.1) is 5.92 Å². The number of nitrogens with zero attached hydrogens (tertiary/aromatic N) is 1. The van der Waals surface area contributed by atoms with Gasteiger partial charge in [0.05, 0.1) is 12.5 Å². The molecule has 2 heterocycles. The average Bonchev–Trinajstić information content (AvgIpc) is 3.06. The summed E-state index contributed by atoms with van der Waals surface area (Å²) in [4.78, 5) is 39.1. The molecule has 164 valence electrons. The van der Waals surface area contributed by atoms with Crippen LogP contribution < -0.4 is 10.1 Å². The molecule has 1 aliphatic heterocycles. The minimum atomic E-state index is -0.463. The van der Waals surface area contributed by atoms with Crippen LogP contribution in [-0.2, 0) is 27.2 Å². The van der Waals surface area contributed by atoms with Crippen molar-refractivity contribution in [3.8, 4) is 5.75 Å². The molecule has 3 rings (SSSR count). The molecular weight excluding hydrogens is 416 g/mol. The lowest BCUT2D eigenvalue weighted by Crippen LogP contribution is -2.30. The normalized spacial score (nSPS) is 16.8. The molecule has 2 unspecified atom stereocenters. The number of rotatable bonds is 9. The number of thioether (sulfide) groups is 1. The Morgan fingerprint density at radius 1 is 1.13 bits per heavy atom. The SMILES string of the molecule is CC(C)C(=O)OC(C)c1ccc(CCOc2ccc(CC3NC(=O)SC3=O)cc2)nc1. The van der Waals surface area contributed by atoms with Crippen LogP contribution in [0.25, 0.3) is 0 Å². The first-order chi connectivity index (χ1) is 14.8. The number of ether oxygens (including phenoxy) is 2. The Morgan fingerprint density at radius 3 is 2.45 bits per heavy atom. The smallest absolute Gasteiger partial charge is 0.308 e. The minimum Gasteiger partial charge on any atom is -0.493 e. The van der Waals surface area contributed by atoms with Gasteiger partial charge < -0.3 is 14.8 Å². The summed E-state index contributed by atoms with van der Waals surface area (Å²) < 4.78 is 11.2. The van der Waals surface area contributed by atoms with Gasteiger partial charge >= 0.3 is 5.97 Å². The monoisotopic (exact) mass is 442 g/mol. The maximum Gasteiger partial charge on any atom is 0.308 e. The molecule has 2 aromatic rings. The van der Waals surface area contributed by atoms with Crippen molar-refractivity contribution in [2.45, 2.75) is 45.8 Å². The third kappa shape index (κ3) is 6.55. The number of benzene rings is 1. The van der Waals surface area contributed by atoms with Crippen molar-refractivity contribution in [3.05, 3.63) is 59.4 Å². The van der Waals surface area contributed by atoms with Crippen molar-refractivity contribution in [3.63, 3.8) is 0 Å². The summed E-state index contributed by atoms with van der Waals surface area (Å²) in [5.74, 6) is 0.339. The standard InChI is InChI=1S/C23H26N2O5S/c1-14(2)21(26)30-15(3)17-6-7-18(24-13-17)10-11-29-19-8-4-16(5-9-19)12-20-22(27)31-23(28)25-20/h4-9,13-15,20H,10-12H2,1-3H3,(H,25,28). The second-order valence-corrected chi connectivity index (χ2v) is 8.65. The highest BCUT2D eigenvalue weighted by Crippen LogP contribution is 2.21. The second-order valence-electron chi connectivity index (χ2n) is 7.67. The molecule has 1 saturated heterocycles. The second kappa shape index (κ2) is 10.4. The summed E-state index contributed by atoms with van der Waals surface area (Å²) in [5.41, 5.74) is 2.69. The predicted octanol–water partition coefficient (Wildman–Crippen LogP) is 3.86. The van der Waals surface area contributed by atoms with E-state index in [1.807, 2.05) is 43.3 Å². The summed E-state index contributed by atoms with van der Waals surface area (Å²) in [6.45, 7) is 5.91. The van der Waals surface area contributed by atoms with E-state index in [0.717, 1.165) is 34.3 Å². The van der Waals surface area contributed by atoms with E-state index in [2.05, 4.69) is 10.3 Å². The van der Waals surface area contributed by atoms with Crippen LogP contribution in [0.1, 0.15) is 43.7 Å². The molecular formula is C23H26N2O5S. The zero-order valence-electron chi connectivity index (χ0n) is 17.8. The summed E-state index contributed by atoms with van der Waals surface area (Å²) in [7, 11) is 0. The van der Waals surface area contributed by atoms with E-state index < -0.39 is 6.04 Å². The predicted molar refractivity (Wildman–Crippen MR) is 118 cm³/mol. The van der Waals surface area contributed by atoms with Crippen molar-refractivity contribution in [1.29, 1.82) is 0 Å². The lowest BCUT2D eigenvalue weighted by molar-refractivity contribution is -0.152. The van der Waals surface area contributed by atoms with Crippen LogP contribution >= 0.6 is 11.8 Å².